The van der Waals surface area contributed by atoms with Crippen LogP contribution in [0.3, 0.4) is 0 Å². The Morgan fingerprint density at radius 3 is 2.15 bits per heavy atom. The van der Waals surface area contributed by atoms with Gasteiger partial charge in [0, 0.05) is 6.92 Å². The van der Waals surface area contributed by atoms with E-state index in [0.717, 1.165) is 0 Å². The summed E-state index contributed by atoms with van der Waals surface area (Å²) >= 11 is 4.13. The van der Waals surface area contributed by atoms with Gasteiger partial charge >= 0.3 is 0 Å². The highest BCUT2D eigenvalue weighted by molar-refractivity contribution is 7.80. The molecule has 2 fully saturated rings. The van der Waals surface area contributed by atoms with Gasteiger partial charge in [0.1, 0.15) is 48.2 Å². The van der Waals surface area contributed by atoms with Crippen LogP contribution in [0.5, 0.6) is 0 Å². The molecule has 0 spiro atoms. The average Bonchev–Trinajstić information content (AvgIpc) is 2.60. The lowest BCUT2D eigenvalue weighted by Gasteiger charge is -2.46. The average molecular weight is 399 g/mol. The van der Waals surface area contributed by atoms with Crippen LogP contribution >= 0.6 is 12.6 Å². The monoisotopic (exact) mass is 399 g/mol. The quantitative estimate of drug-likeness (QED) is 0.211. The van der Waals surface area contributed by atoms with Crippen LogP contribution in [0.1, 0.15) is 6.92 Å². The highest BCUT2D eigenvalue weighted by Crippen LogP contribution is 2.30. The van der Waals surface area contributed by atoms with Gasteiger partial charge in [-0.2, -0.15) is 0 Å². The van der Waals surface area contributed by atoms with Crippen molar-refractivity contribution in [3.8, 4) is 0 Å². The molecule has 2 heterocycles. The number of nitrogens with one attached hydrogen (secondary N) is 1. The Balaban J connectivity index is 2.16. The molecule has 1 amide bonds. The van der Waals surface area contributed by atoms with E-state index in [1.54, 1.807) is 0 Å². The molecule has 152 valence electrons. The smallest absolute Gasteiger partial charge is 0.217 e. The predicted octanol–water partition coefficient (Wildman–Crippen LogP) is -4.32. The predicted molar refractivity (Wildman–Crippen MR) is 87.0 cm³/mol. The van der Waals surface area contributed by atoms with Gasteiger partial charge in [0.05, 0.1) is 19.3 Å². The molecule has 12 heteroatoms. The normalized spacial score (nSPS) is 46.8. The minimum Gasteiger partial charge on any atom is -0.394 e. The van der Waals surface area contributed by atoms with Crippen molar-refractivity contribution in [3.05, 3.63) is 0 Å². The van der Waals surface area contributed by atoms with E-state index in [0.29, 0.717) is 0 Å². The van der Waals surface area contributed by atoms with Crippen molar-refractivity contribution in [2.45, 2.75) is 67.4 Å². The maximum absolute atomic E-state index is 11.3. The first-order valence-electron chi connectivity index (χ1n) is 8.06. The van der Waals surface area contributed by atoms with Crippen molar-refractivity contribution >= 4 is 18.5 Å². The third-order valence-electron chi connectivity index (χ3n) is 4.38. The van der Waals surface area contributed by atoms with Gasteiger partial charge in [0.25, 0.3) is 0 Å². The fourth-order valence-corrected chi connectivity index (χ4v) is 3.38. The van der Waals surface area contributed by atoms with Gasteiger partial charge in [-0.3, -0.25) is 4.79 Å². The number of amides is 1. The molecule has 2 saturated heterocycles. The third kappa shape index (κ3) is 4.47. The first-order valence-corrected chi connectivity index (χ1v) is 8.58. The molecule has 11 nitrogen and oxygen atoms in total. The van der Waals surface area contributed by atoms with Crippen molar-refractivity contribution in [1.82, 2.24) is 5.32 Å². The van der Waals surface area contributed by atoms with Crippen LogP contribution in [-0.2, 0) is 19.0 Å². The van der Waals surface area contributed by atoms with E-state index in [4.69, 9.17) is 14.2 Å². The molecule has 10 atom stereocenters. The first-order chi connectivity index (χ1) is 12.2. The summed E-state index contributed by atoms with van der Waals surface area (Å²) in [7, 11) is 0. The molecular formula is C14H25NO10S. The minimum absolute atomic E-state index is 0.453. The van der Waals surface area contributed by atoms with Gasteiger partial charge in [0.2, 0.25) is 5.91 Å². The maximum atomic E-state index is 11.3. The van der Waals surface area contributed by atoms with E-state index in [2.05, 4.69) is 17.9 Å². The van der Waals surface area contributed by atoms with Gasteiger partial charge in [-0.25, -0.2) is 0 Å². The molecule has 4 unspecified atom stereocenters. The van der Waals surface area contributed by atoms with Gasteiger partial charge in [-0.1, -0.05) is 0 Å². The largest absolute Gasteiger partial charge is 0.394 e. The van der Waals surface area contributed by atoms with Gasteiger partial charge in [0.15, 0.2) is 6.29 Å². The summed E-state index contributed by atoms with van der Waals surface area (Å²) in [5, 5.41) is 61.3. The standard InChI is InChI=1S/C14H25NO10S/c1-4(18)15-7-9(20)12(6(3-17)24-14(7)26)25-13-11(22)10(21)8(19)5(2-16)23-13/h5-14,16-17,19-22,26H,2-3H2,1H3,(H,15,18)/t5?,6?,7-,8-,9+,10-,11-,12+,13?,14?/m0/s1. The maximum Gasteiger partial charge on any atom is 0.217 e. The number of ether oxygens (including phenoxy) is 3. The number of hydrogen-bond donors (Lipinski definition) is 8. The highest BCUT2D eigenvalue weighted by Gasteiger charge is 2.50. The first kappa shape index (κ1) is 21.8. The topological polar surface area (TPSA) is 178 Å². The van der Waals surface area contributed by atoms with Crippen molar-refractivity contribution in [3.63, 3.8) is 0 Å². The number of carbonyl (C=O) groups excluding carboxylic acids is 1. The highest BCUT2D eigenvalue weighted by atomic mass is 32.1. The van der Waals surface area contributed by atoms with Crippen LogP contribution in [0, 0.1) is 0 Å². The Bertz CT molecular complexity index is 483. The Kier molecular flexibility index (Phi) is 7.62. The Morgan fingerprint density at radius 1 is 1.00 bits per heavy atom. The molecule has 0 saturated carbocycles. The SMILES string of the molecule is CC(=O)N[C@@H]1C(S)OC(CO)[C@@H](OC2OC(CO)[C@H](O)[C@H](O)[C@@H]2O)[C@@H]1O. The Labute approximate surface area is 154 Å². The fourth-order valence-electron chi connectivity index (χ4n) is 2.98. The van der Waals surface area contributed by atoms with Crippen molar-refractivity contribution in [2.24, 2.45) is 0 Å². The van der Waals surface area contributed by atoms with Crippen LogP contribution < -0.4 is 5.32 Å². The number of thiol groups is 1. The van der Waals surface area contributed by atoms with E-state index >= 15 is 0 Å². The number of aliphatic hydroxyl groups is 6. The molecule has 0 radical (unpaired) electrons. The van der Waals surface area contributed by atoms with Crippen LogP contribution in [0.25, 0.3) is 0 Å². The van der Waals surface area contributed by atoms with E-state index < -0.39 is 79.6 Å². The molecule has 0 aromatic rings. The van der Waals surface area contributed by atoms with Gasteiger partial charge in [-0.05, 0) is 0 Å². The molecule has 2 aliphatic heterocycles. The summed E-state index contributed by atoms with van der Waals surface area (Å²) in [6.07, 6.45) is -11.4. The minimum atomic E-state index is -1.69. The zero-order chi connectivity index (χ0) is 19.6. The lowest BCUT2D eigenvalue weighted by Crippen LogP contribution is -2.66. The summed E-state index contributed by atoms with van der Waals surface area (Å²) in [6, 6.07) is -0.978. The molecule has 0 aromatic heterocycles. The van der Waals surface area contributed by atoms with Gasteiger partial charge in [-0.15, -0.1) is 12.6 Å². The molecule has 26 heavy (non-hydrogen) atoms. The summed E-state index contributed by atoms with van der Waals surface area (Å²) in [5.74, 6) is -0.453. The molecule has 0 aliphatic carbocycles. The molecule has 0 aromatic carbocycles. The lowest BCUT2D eigenvalue weighted by atomic mass is 9.96. The molecular weight excluding hydrogens is 374 g/mol. The Hall–Kier alpha value is -0.540. The van der Waals surface area contributed by atoms with Crippen molar-refractivity contribution < 1.29 is 49.6 Å². The van der Waals surface area contributed by atoms with Crippen LogP contribution in [-0.4, -0.2) is 110 Å². The zero-order valence-corrected chi connectivity index (χ0v) is 14.8. The Morgan fingerprint density at radius 2 is 1.62 bits per heavy atom. The van der Waals surface area contributed by atoms with Crippen molar-refractivity contribution in [2.75, 3.05) is 13.2 Å². The van der Waals surface area contributed by atoms with E-state index in [9.17, 15) is 35.4 Å². The second kappa shape index (κ2) is 9.10. The van der Waals surface area contributed by atoms with Crippen molar-refractivity contribution in [1.29, 1.82) is 0 Å². The van der Waals surface area contributed by atoms with Crippen LogP contribution in [0.4, 0.5) is 0 Å². The summed E-state index contributed by atoms with van der Waals surface area (Å²) in [6.45, 7) is 0.0208. The molecule has 7 N–H and O–H groups in total. The molecule has 2 aliphatic rings. The third-order valence-corrected chi connectivity index (χ3v) is 4.82. The fraction of sp³-hybridized carbons (Fsp3) is 0.929. The van der Waals surface area contributed by atoms with Gasteiger partial charge < -0.3 is 50.2 Å². The zero-order valence-electron chi connectivity index (χ0n) is 14.0. The van der Waals surface area contributed by atoms with E-state index in [1.165, 1.54) is 6.92 Å². The van der Waals surface area contributed by atoms with Crippen LogP contribution in [0.15, 0.2) is 0 Å². The summed E-state index contributed by atoms with van der Waals surface area (Å²) in [5.41, 5.74) is -0.930. The number of rotatable bonds is 5. The van der Waals surface area contributed by atoms with E-state index in [-0.39, 0.29) is 0 Å². The second-order valence-electron chi connectivity index (χ2n) is 6.26. The molecule has 0 bridgehead atoms. The lowest BCUT2D eigenvalue weighted by molar-refractivity contribution is -0.333. The summed E-state index contributed by atoms with van der Waals surface area (Å²) in [4.78, 5) is 11.3. The number of aliphatic hydroxyl groups excluding tert-OH is 6. The summed E-state index contributed by atoms with van der Waals surface area (Å²) < 4.78 is 16.2. The number of carbonyl (C=O) groups is 1. The van der Waals surface area contributed by atoms with Crippen LogP contribution in [0.2, 0.25) is 0 Å². The van der Waals surface area contributed by atoms with E-state index in [1.807, 2.05) is 0 Å². The number of hydrogen-bond acceptors (Lipinski definition) is 11. The molecule has 2 rings (SSSR count). The second-order valence-corrected chi connectivity index (χ2v) is 6.77.